The highest BCUT2D eigenvalue weighted by molar-refractivity contribution is 6.03. The first kappa shape index (κ1) is 14.2. The molecule has 1 aliphatic rings. The Morgan fingerprint density at radius 1 is 1.55 bits per heavy atom. The van der Waals surface area contributed by atoms with Gasteiger partial charge in [0.25, 0.3) is 5.91 Å². The Morgan fingerprint density at radius 3 is 3.00 bits per heavy atom. The number of amides is 2. The SMILES string of the molecule is CCC(C)NC(=O)CN1C(=O)COc2c(N)cccc21. The molecule has 0 aromatic heterocycles. The fourth-order valence-electron chi connectivity index (χ4n) is 2.00. The van der Waals surface area contributed by atoms with Gasteiger partial charge >= 0.3 is 0 Å². The molecular weight excluding hydrogens is 258 g/mol. The second kappa shape index (κ2) is 5.81. The van der Waals surface area contributed by atoms with Crippen LogP contribution >= 0.6 is 0 Å². The van der Waals surface area contributed by atoms with E-state index in [0.29, 0.717) is 17.1 Å². The summed E-state index contributed by atoms with van der Waals surface area (Å²) in [5, 5.41) is 2.84. The number of para-hydroxylation sites is 1. The van der Waals surface area contributed by atoms with E-state index in [0.717, 1.165) is 6.42 Å². The van der Waals surface area contributed by atoms with Crippen LogP contribution in [-0.4, -0.2) is 31.0 Å². The van der Waals surface area contributed by atoms with E-state index < -0.39 is 0 Å². The Morgan fingerprint density at radius 2 is 2.30 bits per heavy atom. The third-order valence-corrected chi connectivity index (χ3v) is 3.28. The molecule has 1 aromatic carbocycles. The van der Waals surface area contributed by atoms with Crippen molar-refractivity contribution in [1.29, 1.82) is 0 Å². The number of nitrogen functional groups attached to an aromatic ring is 1. The summed E-state index contributed by atoms with van der Waals surface area (Å²) in [6, 6.07) is 5.24. The molecule has 0 radical (unpaired) electrons. The summed E-state index contributed by atoms with van der Waals surface area (Å²) in [4.78, 5) is 25.3. The minimum atomic E-state index is -0.248. The number of rotatable bonds is 4. The molecule has 6 nitrogen and oxygen atoms in total. The Balaban J connectivity index is 2.18. The summed E-state index contributed by atoms with van der Waals surface area (Å²) in [5.74, 6) is 0.0221. The molecule has 6 heteroatoms. The van der Waals surface area contributed by atoms with E-state index in [1.165, 1.54) is 4.90 Å². The lowest BCUT2D eigenvalue weighted by Gasteiger charge is -2.29. The van der Waals surface area contributed by atoms with Gasteiger partial charge in [-0.25, -0.2) is 0 Å². The van der Waals surface area contributed by atoms with Crippen LogP contribution in [0, 0.1) is 0 Å². The number of nitrogens with zero attached hydrogens (tertiary/aromatic N) is 1. The molecule has 0 spiro atoms. The van der Waals surface area contributed by atoms with Crippen molar-refractivity contribution in [3.63, 3.8) is 0 Å². The van der Waals surface area contributed by atoms with Crippen LogP contribution < -0.4 is 20.7 Å². The van der Waals surface area contributed by atoms with Crippen molar-refractivity contribution in [3.8, 4) is 5.75 Å². The molecule has 1 unspecified atom stereocenters. The van der Waals surface area contributed by atoms with E-state index >= 15 is 0 Å². The number of carbonyl (C=O) groups excluding carboxylic acids is 2. The Bertz CT molecular complexity index is 530. The Labute approximate surface area is 117 Å². The zero-order valence-electron chi connectivity index (χ0n) is 11.7. The highest BCUT2D eigenvalue weighted by atomic mass is 16.5. The summed E-state index contributed by atoms with van der Waals surface area (Å²) in [5.41, 5.74) is 6.82. The summed E-state index contributed by atoms with van der Waals surface area (Å²) >= 11 is 0. The zero-order chi connectivity index (χ0) is 14.7. The topological polar surface area (TPSA) is 84.7 Å². The van der Waals surface area contributed by atoms with Crippen molar-refractivity contribution in [2.75, 3.05) is 23.8 Å². The number of hydrogen-bond donors (Lipinski definition) is 2. The highest BCUT2D eigenvalue weighted by Crippen LogP contribution is 2.36. The van der Waals surface area contributed by atoms with Crippen LogP contribution in [0.3, 0.4) is 0 Å². The molecule has 0 aliphatic carbocycles. The van der Waals surface area contributed by atoms with E-state index in [1.54, 1.807) is 18.2 Å². The third-order valence-electron chi connectivity index (χ3n) is 3.28. The van der Waals surface area contributed by atoms with Crippen molar-refractivity contribution in [3.05, 3.63) is 18.2 Å². The van der Waals surface area contributed by atoms with Crippen LogP contribution in [-0.2, 0) is 9.59 Å². The number of carbonyl (C=O) groups is 2. The maximum absolute atomic E-state index is 11.9. The standard InChI is InChI=1S/C14H19N3O3/c1-3-9(2)16-12(18)7-17-11-6-4-5-10(15)14(11)20-8-13(17)19/h4-6,9H,3,7-8,15H2,1-2H3,(H,16,18). The Kier molecular flexibility index (Phi) is 4.12. The highest BCUT2D eigenvalue weighted by Gasteiger charge is 2.28. The van der Waals surface area contributed by atoms with Gasteiger partial charge in [-0.15, -0.1) is 0 Å². The molecule has 3 N–H and O–H groups in total. The second-order valence-electron chi connectivity index (χ2n) is 4.84. The fraction of sp³-hybridized carbons (Fsp3) is 0.429. The number of benzene rings is 1. The first-order chi connectivity index (χ1) is 9.52. The summed E-state index contributed by atoms with van der Waals surface area (Å²) in [6.07, 6.45) is 0.840. The lowest BCUT2D eigenvalue weighted by atomic mass is 10.2. The van der Waals surface area contributed by atoms with Crippen molar-refractivity contribution in [2.45, 2.75) is 26.3 Å². The van der Waals surface area contributed by atoms with Gasteiger partial charge in [-0.3, -0.25) is 14.5 Å². The van der Waals surface area contributed by atoms with Gasteiger partial charge in [0, 0.05) is 6.04 Å². The van der Waals surface area contributed by atoms with E-state index in [4.69, 9.17) is 10.5 Å². The molecule has 108 valence electrons. The lowest BCUT2D eigenvalue weighted by Crippen LogP contribution is -2.46. The van der Waals surface area contributed by atoms with Crippen molar-refractivity contribution in [2.24, 2.45) is 0 Å². The van der Waals surface area contributed by atoms with Crippen molar-refractivity contribution >= 4 is 23.2 Å². The molecule has 1 aliphatic heterocycles. The molecule has 0 saturated heterocycles. The largest absolute Gasteiger partial charge is 0.479 e. The van der Waals surface area contributed by atoms with Gasteiger partial charge in [0.05, 0.1) is 11.4 Å². The number of ether oxygens (including phenoxy) is 1. The second-order valence-corrected chi connectivity index (χ2v) is 4.84. The molecule has 2 amide bonds. The number of anilines is 2. The van der Waals surface area contributed by atoms with Crippen LogP contribution in [0.15, 0.2) is 18.2 Å². The average Bonchev–Trinajstić information content (AvgIpc) is 2.42. The minimum Gasteiger partial charge on any atom is -0.479 e. The van der Waals surface area contributed by atoms with E-state index in [1.807, 2.05) is 13.8 Å². The van der Waals surface area contributed by atoms with Crippen LogP contribution in [0.2, 0.25) is 0 Å². The molecule has 1 aromatic rings. The van der Waals surface area contributed by atoms with Gasteiger partial charge in [0.15, 0.2) is 12.4 Å². The normalized spacial score (nSPS) is 15.3. The smallest absolute Gasteiger partial charge is 0.265 e. The maximum atomic E-state index is 11.9. The third kappa shape index (κ3) is 2.84. The summed E-state index contributed by atoms with van der Waals surface area (Å²) in [6.45, 7) is 3.78. The minimum absolute atomic E-state index is 0.0248. The fourth-order valence-corrected chi connectivity index (χ4v) is 2.00. The maximum Gasteiger partial charge on any atom is 0.265 e. The molecule has 1 atom stereocenters. The van der Waals surface area contributed by atoms with Crippen LogP contribution in [0.4, 0.5) is 11.4 Å². The van der Waals surface area contributed by atoms with Gasteiger partial charge in [-0.2, -0.15) is 0 Å². The number of nitrogens with one attached hydrogen (secondary N) is 1. The molecule has 1 heterocycles. The van der Waals surface area contributed by atoms with E-state index in [2.05, 4.69) is 5.32 Å². The molecule has 0 fully saturated rings. The van der Waals surface area contributed by atoms with Gasteiger partial charge in [-0.05, 0) is 25.5 Å². The lowest BCUT2D eigenvalue weighted by molar-refractivity contribution is -0.125. The van der Waals surface area contributed by atoms with Crippen molar-refractivity contribution < 1.29 is 14.3 Å². The van der Waals surface area contributed by atoms with Crippen molar-refractivity contribution in [1.82, 2.24) is 5.32 Å². The van der Waals surface area contributed by atoms with Crippen LogP contribution in [0.1, 0.15) is 20.3 Å². The number of hydrogen-bond acceptors (Lipinski definition) is 4. The van der Waals surface area contributed by atoms with E-state index in [9.17, 15) is 9.59 Å². The van der Waals surface area contributed by atoms with Crippen LogP contribution in [0.5, 0.6) is 5.75 Å². The van der Waals surface area contributed by atoms with Gasteiger partial charge < -0.3 is 15.8 Å². The number of fused-ring (bicyclic) bond motifs is 1. The van der Waals surface area contributed by atoms with E-state index in [-0.39, 0.29) is 31.0 Å². The first-order valence-electron chi connectivity index (χ1n) is 6.64. The summed E-state index contributed by atoms with van der Waals surface area (Å²) < 4.78 is 5.33. The Hall–Kier alpha value is -2.24. The molecule has 20 heavy (non-hydrogen) atoms. The molecule has 0 bridgehead atoms. The molecule has 2 rings (SSSR count). The van der Waals surface area contributed by atoms with Crippen LogP contribution in [0.25, 0.3) is 0 Å². The zero-order valence-corrected chi connectivity index (χ0v) is 11.7. The molecular formula is C14H19N3O3. The number of nitrogens with two attached hydrogens (primary N) is 1. The summed E-state index contributed by atoms with van der Waals surface area (Å²) in [7, 11) is 0. The van der Waals surface area contributed by atoms with Gasteiger partial charge in [-0.1, -0.05) is 13.0 Å². The average molecular weight is 277 g/mol. The molecule has 0 saturated carbocycles. The predicted molar refractivity (Wildman–Crippen MR) is 76.6 cm³/mol. The predicted octanol–water partition coefficient (Wildman–Crippen LogP) is 0.909. The van der Waals surface area contributed by atoms with Gasteiger partial charge in [0.1, 0.15) is 6.54 Å². The quantitative estimate of drug-likeness (QED) is 0.801. The van der Waals surface area contributed by atoms with Gasteiger partial charge in [0.2, 0.25) is 5.91 Å². The monoisotopic (exact) mass is 277 g/mol. The first-order valence-corrected chi connectivity index (χ1v) is 6.64.